The lowest BCUT2D eigenvalue weighted by Crippen LogP contribution is -2.34. The number of carbonyl (C=O) groups is 1. The summed E-state index contributed by atoms with van der Waals surface area (Å²) in [6, 6.07) is 3.80. The number of aromatic amines is 2. The van der Waals surface area contributed by atoms with Crippen LogP contribution < -0.4 is 5.32 Å². The van der Waals surface area contributed by atoms with Gasteiger partial charge in [-0.1, -0.05) is 13.3 Å². The Balaban J connectivity index is 1.89. The molecule has 0 aliphatic carbocycles. The Morgan fingerprint density at radius 2 is 2.15 bits per heavy atom. The fourth-order valence-corrected chi connectivity index (χ4v) is 2.12. The van der Waals surface area contributed by atoms with Crippen molar-refractivity contribution in [1.29, 1.82) is 0 Å². The second kappa shape index (κ2) is 6.36. The summed E-state index contributed by atoms with van der Waals surface area (Å²) in [5, 5.41) is 16.9. The van der Waals surface area contributed by atoms with E-state index in [4.69, 9.17) is 0 Å². The Hall–Kier alpha value is -2.11. The van der Waals surface area contributed by atoms with E-state index in [0.29, 0.717) is 12.1 Å². The van der Waals surface area contributed by atoms with Gasteiger partial charge in [-0.05, 0) is 32.4 Å². The van der Waals surface area contributed by atoms with Crippen molar-refractivity contribution in [2.45, 2.75) is 46.1 Å². The van der Waals surface area contributed by atoms with Crippen molar-refractivity contribution in [2.75, 3.05) is 0 Å². The molecule has 0 saturated carbocycles. The number of hydrogen-bond acceptors (Lipinski definition) is 3. The van der Waals surface area contributed by atoms with Gasteiger partial charge in [-0.25, -0.2) is 0 Å². The van der Waals surface area contributed by atoms with Crippen LogP contribution in [0, 0.1) is 6.92 Å². The lowest BCUT2D eigenvalue weighted by Gasteiger charge is -2.10. The minimum Gasteiger partial charge on any atom is -0.348 e. The quantitative estimate of drug-likeness (QED) is 0.750. The molecule has 2 aromatic heterocycles. The van der Waals surface area contributed by atoms with Crippen molar-refractivity contribution in [1.82, 2.24) is 25.7 Å². The van der Waals surface area contributed by atoms with Crippen LogP contribution in [0.3, 0.4) is 0 Å². The van der Waals surface area contributed by atoms with E-state index in [9.17, 15) is 4.79 Å². The monoisotopic (exact) mass is 275 g/mol. The first-order chi connectivity index (χ1) is 9.58. The number of amides is 1. The molecule has 0 radical (unpaired) electrons. The zero-order chi connectivity index (χ0) is 14.5. The van der Waals surface area contributed by atoms with Gasteiger partial charge in [0.05, 0.1) is 5.69 Å². The maximum absolute atomic E-state index is 12.0. The Morgan fingerprint density at radius 3 is 2.80 bits per heavy atom. The fraction of sp³-hybridized carbons (Fsp3) is 0.500. The first-order valence-corrected chi connectivity index (χ1v) is 6.94. The van der Waals surface area contributed by atoms with Gasteiger partial charge < -0.3 is 5.32 Å². The number of hydrogen-bond donors (Lipinski definition) is 3. The molecular weight excluding hydrogens is 254 g/mol. The third-order valence-corrected chi connectivity index (χ3v) is 3.03. The normalized spacial score (nSPS) is 12.3. The van der Waals surface area contributed by atoms with Crippen LogP contribution in [-0.4, -0.2) is 32.3 Å². The van der Waals surface area contributed by atoms with Gasteiger partial charge in [0.2, 0.25) is 0 Å². The molecule has 0 bridgehead atoms. The molecular formula is C14H21N5O. The average molecular weight is 275 g/mol. The van der Waals surface area contributed by atoms with E-state index >= 15 is 0 Å². The molecule has 2 heterocycles. The Labute approximate surface area is 118 Å². The summed E-state index contributed by atoms with van der Waals surface area (Å²) in [6.45, 7) is 6.01. The van der Waals surface area contributed by atoms with Crippen LogP contribution in [0.1, 0.15) is 47.8 Å². The molecule has 0 aliphatic heterocycles. The van der Waals surface area contributed by atoms with Crippen LogP contribution in [0.5, 0.6) is 0 Å². The Kier molecular flexibility index (Phi) is 4.55. The van der Waals surface area contributed by atoms with Crippen LogP contribution in [0.2, 0.25) is 0 Å². The predicted octanol–water partition coefficient (Wildman–Crippen LogP) is 1.75. The average Bonchev–Trinajstić information content (AvgIpc) is 2.99. The van der Waals surface area contributed by atoms with Gasteiger partial charge in [0, 0.05) is 23.9 Å². The summed E-state index contributed by atoms with van der Waals surface area (Å²) in [4.78, 5) is 12.0. The first kappa shape index (κ1) is 14.3. The van der Waals surface area contributed by atoms with Crippen molar-refractivity contribution in [3.05, 3.63) is 34.9 Å². The standard InChI is InChI=1S/C14H21N5O/c1-4-5-11-8-13(19-17-11)14(20)15-9(2)6-12-7-10(3)16-18-12/h7-9H,4-6H2,1-3H3,(H,15,20)(H,16,18)(H,17,19). The van der Waals surface area contributed by atoms with E-state index in [2.05, 4.69) is 32.6 Å². The highest BCUT2D eigenvalue weighted by molar-refractivity contribution is 5.92. The minimum atomic E-state index is -0.150. The number of aromatic nitrogens is 4. The first-order valence-electron chi connectivity index (χ1n) is 6.94. The largest absolute Gasteiger partial charge is 0.348 e. The second-order valence-electron chi connectivity index (χ2n) is 5.15. The number of nitrogens with zero attached hydrogens (tertiary/aromatic N) is 2. The lowest BCUT2D eigenvalue weighted by atomic mass is 10.1. The van der Waals surface area contributed by atoms with E-state index in [-0.39, 0.29) is 11.9 Å². The summed E-state index contributed by atoms with van der Waals surface area (Å²) >= 11 is 0. The summed E-state index contributed by atoms with van der Waals surface area (Å²) in [5.41, 5.74) is 3.41. The van der Waals surface area contributed by atoms with Gasteiger partial charge in [-0.3, -0.25) is 15.0 Å². The molecule has 20 heavy (non-hydrogen) atoms. The van der Waals surface area contributed by atoms with Crippen LogP contribution >= 0.6 is 0 Å². The van der Waals surface area contributed by atoms with Crippen molar-refractivity contribution >= 4 is 5.91 Å². The molecule has 3 N–H and O–H groups in total. The number of carbonyl (C=O) groups excluding carboxylic acids is 1. The lowest BCUT2D eigenvalue weighted by molar-refractivity contribution is 0.0935. The molecule has 0 fully saturated rings. The molecule has 0 aliphatic rings. The zero-order valence-corrected chi connectivity index (χ0v) is 12.2. The molecule has 1 amide bonds. The SMILES string of the molecule is CCCc1cc(C(=O)NC(C)Cc2cc(C)[nH]n2)n[nH]1. The van der Waals surface area contributed by atoms with Crippen LogP contribution in [-0.2, 0) is 12.8 Å². The maximum Gasteiger partial charge on any atom is 0.271 e. The highest BCUT2D eigenvalue weighted by Crippen LogP contribution is 2.05. The van der Waals surface area contributed by atoms with Gasteiger partial charge in [-0.15, -0.1) is 0 Å². The smallest absolute Gasteiger partial charge is 0.271 e. The number of aryl methyl sites for hydroxylation is 2. The van der Waals surface area contributed by atoms with E-state index in [0.717, 1.165) is 29.9 Å². The molecule has 1 atom stereocenters. The van der Waals surface area contributed by atoms with E-state index in [1.54, 1.807) is 0 Å². The van der Waals surface area contributed by atoms with Gasteiger partial charge in [0.15, 0.2) is 0 Å². The third kappa shape index (κ3) is 3.69. The molecule has 6 heteroatoms. The van der Waals surface area contributed by atoms with Crippen LogP contribution in [0.4, 0.5) is 0 Å². The Morgan fingerprint density at radius 1 is 1.35 bits per heavy atom. The van der Waals surface area contributed by atoms with E-state index in [1.807, 2.05) is 26.0 Å². The van der Waals surface area contributed by atoms with Gasteiger partial charge >= 0.3 is 0 Å². The highest BCUT2D eigenvalue weighted by atomic mass is 16.2. The van der Waals surface area contributed by atoms with Gasteiger partial charge in [-0.2, -0.15) is 10.2 Å². The molecule has 6 nitrogen and oxygen atoms in total. The number of nitrogens with one attached hydrogen (secondary N) is 3. The van der Waals surface area contributed by atoms with Crippen molar-refractivity contribution in [2.24, 2.45) is 0 Å². The number of rotatable bonds is 6. The maximum atomic E-state index is 12.0. The zero-order valence-electron chi connectivity index (χ0n) is 12.2. The summed E-state index contributed by atoms with van der Waals surface area (Å²) in [5.74, 6) is -0.150. The summed E-state index contributed by atoms with van der Waals surface area (Å²) < 4.78 is 0. The fourth-order valence-electron chi connectivity index (χ4n) is 2.12. The molecule has 0 spiro atoms. The van der Waals surface area contributed by atoms with Gasteiger partial charge in [0.1, 0.15) is 5.69 Å². The van der Waals surface area contributed by atoms with Crippen molar-refractivity contribution < 1.29 is 4.79 Å². The van der Waals surface area contributed by atoms with Gasteiger partial charge in [0.25, 0.3) is 5.91 Å². The molecule has 1 unspecified atom stereocenters. The van der Waals surface area contributed by atoms with E-state index < -0.39 is 0 Å². The van der Waals surface area contributed by atoms with Crippen molar-refractivity contribution in [3.8, 4) is 0 Å². The van der Waals surface area contributed by atoms with Crippen molar-refractivity contribution in [3.63, 3.8) is 0 Å². The number of H-pyrrole nitrogens is 2. The minimum absolute atomic E-state index is 0.0107. The molecule has 2 rings (SSSR count). The topological polar surface area (TPSA) is 86.5 Å². The molecule has 0 saturated heterocycles. The highest BCUT2D eigenvalue weighted by Gasteiger charge is 2.14. The van der Waals surface area contributed by atoms with Crippen LogP contribution in [0.25, 0.3) is 0 Å². The summed E-state index contributed by atoms with van der Waals surface area (Å²) in [6.07, 6.45) is 2.63. The Bertz CT molecular complexity index is 572. The molecule has 0 aromatic carbocycles. The second-order valence-corrected chi connectivity index (χ2v) is 5.15. The van der Waals surface area contributed by atoms with Crippen LogP contribution in [0.15, 0.2) is 12.1 Å². The summed E-state index contributed by atoms with van der Waals surface area (Å²) in [7, 11) is 0. The third-order valence-electron chi connectivity index (χ3n) is 3.03. The predicted molar refractivity (Wildman–Crippen MR) is 76.5 cm³/mol. The molecule has 2 aromatic rings. The molecule has 108 valence electrons. The van der Waals surface area contributed by atoms with E-state index in [1.165, 1.54) is 0 Å².